The van der Waals surface area contributed by atoms with Gasteiger partial charge in [0.05, 0.1) is 11.7 Å². The number of nitrogens with zero attached hydrogens (tertiary/aromatic N) is 1. The average Bonchev–Trinajstić information content (AvgIpc) is 2.37. The molecule has 94 valence electrons. The van der Waals surface area contributed by atoms with Crippen LogP contribution in [0.1, 0.15) is 28.4 Å². The number of aryl methyl sites for hydroxylation is 2. The van der Waals surface area contributed by atoms with Crippen LogP contribution in [-0.2, 0) is 0 Å². The van der Waals surface area contributed by atoms with Crippen molar-refractivity contribution in [3.63, 3.8) is 0 Å². The van der Waals surface area contributed by atoms with Crippen LogP contribution in [0.3, 0.4) is 0 Å². The van der Waals surface area contributed by atoms with Gasteiger partial charge in [-0.3, -0.25) is 4.98 Å². The molecule has 0 saturated carbocycles. The summed E-state index contributed by atoms with van der Waals surface area (Å²) in [6, 6.07) is 8.96. The van der Waals surface area contributed by atoms with E-state index in [0.29, 0.717) is 5.69 Å². The zero-order valence-electron chi connectivity index (χ0n) is 10.9. The van der Waals surface area contributed by atoms with Gasteiger partial charge in [0, 0.05) is 6.20 Å². The fourth-order valence-electron chi connectivity index (χ4n) is 2.02. The summed E-state index contributed by atoms with van der Waals surface area (Å²) in [4.78, 5) is 4.14. The number of nitrogens with one attached hydrogen (secondary N) is 1. The Labute approximate surface area is 107 Å². The smallest absolute Gasteiger partial charge is 0.146 e. The molecular weight excluding hydrogens is 227 g/mol. The highest BCUT2D eigenvalue weighted by Gasteiger charge is 2.17. The third-order valence-electron chi connectivity index (χ3n) is 3.21. The topological polar surface area (TPSA) is 24.9 Å². The molecule has 0 aliphatic rings. The second-order valence-electron chi connectivity index (χ2n) is 4.44. The molecule has 1 aromatic carbocycles. The molecule has 1 aromatic heterocycles. The number of halogens is 1. The fraction of sp³-hybridized carbons (Fsp3) is 0.267. The lowest BCUT2D eigenvalue weighted by Crippen LogP contribution is -2.20. The number of rotatable bonds is 3. The summed E-state index contributed by atoms with van der Waals surface area (Å²) in [6.45, 7) is 4.12. The minimum absolute atomic E-state index is 0.217. The van der Waals surface area contributed by atoms with Gasteiger partial charge >= 0.3 is 0 Å². The van der Waals surface area contributed by atoms with Crippen LogP contribution in [0.5, 0.6) is 0 Å². The van der Waals surface area contributed by atoms with E-state index in [4.69, 9.17) is 0 Å². The molecule has 0 aliphatic carbocycles. The van der Waals surface area contributed by atoms with Gasteiger partial charge in [-0.2, -0.15) is 0 Å². The van der Waals surface area contributed by atoms with Crippen LogP contribution in [0.15, 0.2) is 36.5 Å². The summed E-state index contributed by atoms with van der Waals surface area (Å²) in [5.74, 6) is -0.282. The van der Waals surface area contributed by atoms with E-state index in [1.807, 2.05) is 13.1 Å². The van der Waals surface area contributed by atoms with Crippen LogP contribution >= 0.6 is 0 Å². The van der Waals surface area contributed by atoms with E-state index >= 15 is 0 Å². The van der Waals surface area contributed by atoms with E-state index in [0.717, 1.165) is 5.56 Å². The van der Waals surface area contributed by atoms with Crippen LogP contribution < -0.4 is 5.32 Å². The molecule has 18 heavy (non-hydrogen) atoms. The normalized spacial score (nSPS) is 12.4. The van der Waals surface area contributed by atoms with E-state index in [1.54, 1.807) is 12.3 Å². The first-order valence-corrected chi connectivity index (χ1v) is 5.98. The highest BCUT2D eigenvalue weighted by molar-refractivity contribution is 5.35. The molecule has 0 spiro atoms. The molecular formula is C15H17FN2. The summed E-state index contributed by atoms with van der Waals surface area (Å²) in [5.41, 5.74) is 3.89. The molecule has 0 radical (unpaired) electrons. The van der Waals surface area contributed by atoms with Gasteiger partial charge in [0.15, 0.2) is 0 Å². The predicted octanol–water partition coefficient (Wildman–Crippen LogP) is 3.15. The van der Waals surface area contributed by atoms with Crippen molar-refractivity contribution in [3.05, 3.63) is 64.7 Å². The van der Waals surface area contributed by atoms with Crippen molar-refractivity contribution in [1.29, 1.82) is 0 Å². The van der Waals surface area contributed by atoms with Gasteiger partial charge in [0.1, 0.15) is 5.82 Å². The number of hydrogen-bond donors (Lipinski definition) is 1. The first-order valence-electron chi connectivity index (χ1n) is 5.98. The number of hydrogen-bond acceptors (Lipinski definition) is 2. The summed E-state index contributed by atoms with van der Waals surface area (Å²) in [7, 11) is 1.81. The summed E-state index contributed by atoms with van der Waals surface area (Å²) >= 11 is 0. The first-order chi connectivity index (χ1) is 8.63. The van der Waals surface area contributed by atoms with Crippen molar-refractivity contribution in [2.75, 3.05) is 7.05 Å². The highest BCUT2D eigenvalue weighted by atomic mass is 19.1. The molecule has 0 bridgehead atoms. The lowest BCUT2D eigenvalue weighted by Gasteiger charge is -2.17. The van der Waals surface area contributed by atoms with Crippen molar-refractivity contribution in [3.8, 4) is 0 Å². The lowest BCUT2D eigenvalue weighted by atomic mass is 9.98. The Hall–Kier alpha value is -1.74. The maximum atomic E-state index is 13.8. The Morgan fingerprint density at radius 1 is 1.17 bits per heavy atom. The fourth-order valence-corrected chi connectivity index (χ4v) is 2.02. The summed E-state index contributed by atoms with van der Waals surface area (Å²) in [6.07, 6.45) is 1.61. The SMILES string of the molecule is CNC(c1ccc(C)c(C)c1)c1ncccc1F. The Bertz CT molecular complexity index is 552. The van der Waals surface area contributed by atoms with Gasteiger partial charge in [-0.15, -0.1) is 0 Å². The first kappa shape index (κ1) is 12.7. The zero-order valence-corrected chi connectivity index (χ0v) is 10.9. The van der Waals surface area contributed by atoms with Gasteiger partial charge in [-0.05, 0) is 49.7 Å². The zero-order chi connectivity index (χ0) is 13.1. The summed E-state index contributed by atoms with van der Waals surface area (Å²) < 4.78 is 13.8. The molecule has 0 aliphatic heterocycles. The minimum Gasteiger partial charge on any atom is -0.308 e. The average molecular weight is 244 g/mol. The molecule has 0 fully saturated rings. The largest absolute Gasteiger partial charge is 0.308 e. The van der Waals surface area contributed by atoms with Crippen LogP contribution in [0, 0.1) is 19.7 Å². The molecule has 1 unspecified atom stereocenters. The molecule has 1 heterocycles. The van der Waals surface area contributed by atoms with Crippen molar-refractivity contribution in [2.45, 2.75) is 19.9 Å². The molecule has 0 amide bonds. The van der Waals surface area contributed by atoms with Gasteiger partial charge < -0.3 is 5.32 Å². The molecule has 1 atom stereocenters. The second kappa shape index (κ2) is 5.27. The predicted molar refractivity (Wildman–Crippen MR) is 71.0 cm³/mol. The highest BCUT2D eigenvalue weighted by Crippen LogP contribution is 2.23. The van der Waals surface area contributed by atoms with Gasteiger partial charge in [-0.25, -0.2) is 4.39 Å². The van der Waals surface area contributed by atoms with E-state index in [2.05, 4.69) is 36.3 Å². The number of aromatic nitrogens is 1. The summed E-state index contributed by atoms with van der Waals surface area (Å²) in [5, 5.41) is 3.12. The van der Waals surface area contributed by atoms with E-state index in [1.165, 1.54) is 17.2 Å². The molecule has 2 rings (SSSR count). The minimum atomic E-state index is -0.282. The Balaban J connectivity index is 2.45. The van der Waals surface area contributed by atoms with Crippen LogP contribution in [0.4, 0.5) is 4.39 Å². The molecule has 3 heteroatoms. The molecule has 2 aromatic rings. The van der Waals surface area contributed by atoms with Crippen LogP contribution in [0.25, 0.3) is 0 Å². The van der Waals surface area contributed by atoms with E-state index in [9.17, 15) is 4.39 Å². The quantitative estimate of drug-likeness (QED) is 0.897. The molecule has 0 saturated heterocycles. The van der Waals surface area contributed by atoms with Crippen molar-refractivity contribution in [2.24, 2.45) is 0 Å². The Morgan fingerprint density at radius 2 is 1.94 bits per heavy atom. The van der Waals surface area contributed by atoms with Crippen LogP contribution in [0.2, 0.25) is 0 Å². The van der Waals surface area contributed by atoms with Crippen molar-refractivity contribution < 1.29 is 4.39 Å². The maximum absolute atomic E-state index is 13.8. The van der Waals surface area contributed by atoms with E-state index in [-0.39, 0.29) is 11.9 Å². The number of benzene rings is 1. The third kappa shape index (κ3) is 2.41. The van der Waals surface area contributed by atoms with Gasteiger partial charge in [-0.1, -0.05) is 18.2 Å². The van der Waals surface area contributed by atoms with Gasteiger partial charge in [0.25, 0.3) is 0 Å². The lowest BCUT2D eigenvalue weighted by molar-refractivity contribution is 0.559. The third-order valence-corrected chi connectivity index (χ3v) is 3.21. The Kier molecular flexibility index (Phi) is 3.72. The van der Waals surface area contributed by atoms with Crippen molar-refractivity contribution >= 4 is 0 Å². The molecule has 2 nitrogen and oxygen atoms in total. The standard InChI is InChI=1S/C15H17FN2/c1-10-6-7-12(9-11(10)2)14(17-3)15-13(16)5-4-8-18-15/h4-9,14,17H,1-3H3. The number of pyridine rings is 1. The maximum Gasteiger partial charge on any atom is 0.146 e. The van der Waals surface area contributed by atoms with Crippen molar-refractivity contribution in [1.82, 2.24) is 10.3 Å². The second-order valence-corrected chi connectivity index (χ2v) is 4.44. The van der Waals surface area contributed by atoms with Crippen LogP contribution in [-0.4, -0.2) is 12.0 Å². The monoisotopic (exact) mass is 244 g/mol. The molecule has 1 N–H and O–H groups in total. The Morgan fingerprint density at radius 3 is 2.56 bits per heavy atom. The van der Waals surface area contributed by atoms with E-state index < -0.39 is 0 Å². The van der Waals surface area contributed by atoms with Gasteiger partial charge in [0.2, 0.25) is 0 Å².